The van der Waals surface area contributed by atoms with E-state index >= 15 is 0 Å². The Balaban J connectivity index is 1.52. The Morgan fingerprint density at radius 3 is 2.22 bits per heavy atom. The molecule has 6 rings (SSSR count). The molecule has 2 aromatic rings. The molecule has 4 bridgehead atoms. The minimum atomic E-state index is -0.167. The molecule has 0 N–H and O–H groups in total. The number of aryl methyl sites for hydroxylation is 1. The average molecular weight is 401 g/mol. The van der Waals surface area contributed by atoms with Crippen molar-refractivity contribution in [1.82, 2.24) is 4.57 Å². The molecular weight excluding hydrogens is 376 g/mol. The summed E-state index contributed by atoms with van der Waals surface area (Å²) in [6.07, 6.45) is 7.25. The van der Waals surface area contributed by atoms with E-state index in [2.05, 4.69) is 16.5 Å². The number of carbonyl (C=O) groups excluding carboxylic acids is 1. The molecule has 142 valence electrons. The smallest absolute Gasteiger partial charge is 0.254 e. The van der Waals surface area contributed by atoms with Crippen molar-refractivity contribution >= 4 is 28.8 Å². The predicted octanol–water partition coefficient (Wildman–Crippen LogP) is 5.36. The number of halogens is 1. The third-order valence-electron chi connectivity index (χ3n) is 7.01. The number of amides is 1. The van der Waals surface area contributed by atoms with E-state index in [1.54, 1.807) is 11.3 Å². The largest absolute Gasteiger partial charge is 0.319 e. The Labute approximate surface area is 169 Å². The van der Waals surface area contributed by atoms with Crippen LogP contribution in [0.1, 0.15) is 43.4 Å². The quantitative estimate of drug-likeness (QED) is 0.668. The van der Waals surface area contributed by atoms with Crippen LogP contribution in [-0.4, -0.2) is 10.5 Å². The van der Waals surface area contributed by atoms with Gasteiger partial charge in [-0.3, -0.25) is 4.79 Å². The molecule has 5 heteroatoms. The van der Waals surface area contributed by atoms with Crippen LogP contribution < -0.4 is 4.80 Å². The molecule has 1 heterocycles. The van der Waals surface area contributed by atoms with Crippen molar-refractivity contribution in [2.24, 2.45) is 35.2 Å². The first-order chi connectivity index (χ1) is 12.9. The van der Waals surface area contributed by atoms with Crippen LogP contribution in [0.15, 0.2) is 29.3 Å². The van der Waals surface area contributed by atoms with E-state index in [1.807, 2.05) is 31.3 Å². The zero-order chi connectivity index (χ0) is 18.8. The number of rotatable bonds is 2. The molecule has 4 aliphatic carbocycles. The van der Waals surface area contributed by atoms with Crippen LogP contribution in [0.3, 0.4) is 0 Å². The van der Waals surface area contributed by atoms with Gasteiger partial charge in [-0.1, -0.05) is 23.7 Å². The SMILES string of the molecule is Cc1sc(=NC(=O)C23CC4CC(CC(C4)C2)C3)n(C)c1-c1ccc(Cl)cc1. The lowest BCUT2D eigenvalue weighted by Crippen LogP contribution is -2.49. The molecule has 1 aromatic carbocycles. The maximum Gasteiger partial charge on any atom is 0.254 e. The first kappa shape index (κ1) is 17.7. The lowest BCUT2D eigenvalue weighted by Gasteiger charge is -2.55. The van der Waals surface area contributed by atoms with Gasteiger partial charge in [-0.15, -0.1) is 11.3 Å². The van der Waals surface area contributed by atoms with E-state index in [-0.39, 0.29) is 11.3 Å². The number of thiazole rings is 1. The molecule has 0 radical (unpaired) electrons. The average Bonchev–Trinajstić information content (AvgIpc) is 2.88. The van der Waals surface area contributed by atoms with E-state index in [4.69, 9.17) is 11.6 Å². The van der Waals surface area contributed by atoms with Gasteiger partial charge in [0.25, 0.3) is 5.91 Å². The van der Waals surface area contributed by atoms with Crippen molar-refractivity contribution in [3.8, 4) is 11.3 Å². The van der Waals surface area contributed by atoms with E-state index in [1.165, 1.54) is 24.1 Å². The minimum Gasteiger partial charge on any atom is -0.319 e. The Bertz CT molecular complexity index is 934. The topological polar surface area (TPSA) is 34.4 Å². The molecule has 0 spiro atoms. The van der Waals surface area contributed by atoms with Gasteiger partial charge in [-0.05, 0) is 80.9 Å². The van der Waals surface area contributed by atoms with Crippen molar-refractivity contribution in [2.75, 3.05) is 0 Å². The highest BCUT2D eigenvalue weighted by atomic mass is 35.5. The fourth-order valence-electron chi connectivity index (χ4n) is 6.27. The summed E-state index contributed by atoms with van der Waals surface area (Å²) in [6, 6.07) is 7.88. The normalized spacial score (nSPS) is 32.3. The van der Waals surface area contributed by atoms with E-state index in [0.29, 0.717) is 0 Å². The fourth-order valence-corrected chi connectivity index (χ4v) is 7.37. The molecule has 0 aliphatic heterocycles. The van der Waals surface area contributed by atoms with Gasteiger partial charge in [0.15, 0.2) is 4.80 Å². The van der Waals surface area contributed by atoms with Crippen LogP contribution in [0.25, 0.3) is 11.3 Å². The first-order valence-corrected chi connectivity index (χ1v) is 11.1. The lowest BCUT2D eigenvalue weighted by molar-refractivity contribution is -0.142. The molecule has 1 amide bonds. The summed E-state index contributed by atoms with van der Waals surface area (Å²) < 4.78 is 2.07. The van der Waals surface area contributed by atoms with Crippen molar-refractivity contribution in [1.29, 1.82) is 0 Å². The second-order valence-electron chi connectivity index (χ2n) is 8.97. The number of benzene rings is 1. The molecule has 4 fully saturated rings. The van der Waals surface area contributed by atoms with E-state index < -0.39 is 0 Å². The van der Waals surface area contributed by atoms with Gasteiger partial charge in [-0.2, -0.15) is 4.99 Å². The number of carbonyl (C=O) groups is 1. The van der Waals surface area contributed by atoms with Crippen LogP contribution in [0.5, 0.6) is 0 Å². The maximum absolute atomic E-state index is 13.3. The van der Waals surface area contributed by atoms with E-state index in [9.17, 15) is 4.79 Å². The Morgan fingerprint density at radius 1 is 1.11 bits per heavy atom. The third kappa shape index (κ3) is 2.92. The molecule has 0 saturated heterocycles. The molecule has 4 aliphatic rings. The van der Waals surface area contributed by atoms with Crippen molar-refractivity contribution in [3.63, 3.8) is 0 Å². The van der Waals surface area contributed by atoms with Gasteiger partial charge >= 0.3 is 0 Å². The summed E-state index contributed by atoms with van der Waals surface area (Å²) in [6.45, 7) is 2.10. The summed E-state index contributed by atoms with van der Waals surface area (Å²) in [5.41, 5.74) is 2.06. The molecule has 4 saturated carbocycles. The maximum atomic E-state index is 13.3. The zero-order valence-electron chi connectivity index (χ0n) is 15.9. The summed E-state index contributed by atoms with van der Waals surface area (Å²) in [7, 11) is 2.01. The molecule has 0 unspecified atom stereocenters. The standard InChI is InChI=1S/C22H25ClN2OS/c1-13-19(17-3-5-18(23)6-4-17)25(2)21(27-13)24-20(26)22-10-14-7-15(11-22)9-16(8-14)12-22/h3-6,14-16H,7-12H2,1-2H3. The number of hydrogen-bond acceptors (Lipinski definition) is 2. The lowest BCUT2D eigenvalue weighted by atomic mass is 9.49. The molecule has 27 heavy (non-hydrogen) atoms. The summed E-state index contributed by atoms with van der Waals surface area (Å²) >= 11 is 7.65. The van der Waals surface area contributed by atoms with Crippen molar-refractivity contribution in [3.05, 3.63) is 39.0 Å². The van der Waals surface area contributed by atoms with Gasteiger partial charge in [0, 0.05) is 16.9 Å². The Morgan fingerprint density at radius 2 is 1.67 bits per heavy atom. The summed E-state index contributed by atoms with van der Waals surface area (Å²) in [5.74, 6) is 2.43. The summed E-state index contributed by atoms with van der Waals surface area (Å²) in [5, 5.41) is 0.733. The second kappa shape index (κ2) is 6.31. The molecule has 0 atom stereocenters. The number of nitrogens with zero attached hydrogens (tertiary/aromatic N) is 2. The molecule has 1 aromatic heterocycles. The first-order valence-electron chi connectivity index (χ1n) is 9.95. The van der Waals surface area contributed by atoms with Crippen LogP contribution in [0, 0.1) is 30.1 Å². The number of hydrogen-bond donors (Lipinski definition) is 0. The van der Waals surface area contributed by atoms with Crippen LogP contribution >= 0.6 is 22.9 Å². The highest BCUT2D eigenvalue weighted by molar-refractivity contribution is 7.09. The van der Waals surface area contributed by atoms with E-state index in [0.717, 1.165) is 58.1 Å². The van der Waals surface area contributed by atoms with Gasteiger partial charge in [0.1, 0.15) is 0 Å². The summed E-state index contributed by atoms with van der Waals surface area (Å²) in [4.78, 5) is 20.0. The highest BCUT2D eigenvalue weighted by Crippen LogP contribution is 2.60. The van der Waals surface area contributed by atoms with Crippen molar-refractivity contribution in [2.45, 2.75) is 45.4 Å². The second-order valence-corrected chi connectivity index (χ2v) is 10.6. The zero-order valence-corrected chi connectivity index (χ0v) is 17.4. The molecule has 3 nitrogen and oxygen atoms in total. The van der Waals surface area contributed by atoms with Crippen molar-refractivity contribution < 1.29 is 4.79 Å². The van der Waals surface area contributed by atoms with Gasteiger partial charge in [-0.25, -0.2) is 0 Å². The van der Waals surface area contributed by atoms with Gasteiger partial charge < -0.3 is 4.57 Å². The van der Waals surface area contributed by atoms with Gasteiger partial charge in [0.2, 0.25) is 0 Å². The van der Waals surface area contributed by atoms with Crippen LogP contribution in [-0.2, 0) is 11.8 Å². The number of aromatic nitrogens is 1. The molecular formula is C22H25ClN2OS. The predicted molar refractivity (Wildman–Crippen MR) is 110 cm³/mol. The van der Waals surface area contributed by atoms with Gasteiger partial charge in [0.05, 0.1) is 11.1 Å². The minimum absolute atomic E-state index is 0.140. The highest BCUT2D eigenvalue weighted by Gasteiger charge is 2.54. The fraction of sp³-hybridized carbons (Fsp3) is 0.545. The Kier molecular flexibility index (Phi) is 4.14. The monoisotopic (exact) mass is 400 g/mol. The Hall–Kier alpha value is -1.39. The van der Waals surface area contributed by atoms with Crippen LogP contribution in [0.2, 0.25) is 5.02 Å². The van der Waals surface area contributed by atoms with Crippen LogP contribution in [0.4, 0.5) is 0 Å². The third-order valence-corrected chi connectivity index (χ3v) is 8.31.